The van der Waals surface area contributed by atoms with E-state index >= 15 is 0 Å². The van der Waals surface area contributed by atoms with Gasteiger partial charge in [-0.3, -0.25) is 0 Å². The summed E-state index contributed by atoms with van der Waals surface area (Å²) in [6, 6.07) is 13.3. The quantitative estimate of drug-likeness (QED) is 0.910. The van der Waals surface area contributed by atoms with Crippen LogP contribution in [0.3, 0.4) is 0 Å². The molecule has 0 aromatic heterocycles. The van der Waals surface area contributed by atoms with E-state index in [1.807, 2.05) is 13.1 Å². The molecular formula is C19H22ClNO. The van der Waals surface area contributed by atoms with Gasteiger partial charge in [0.2, 0.25) is 0 Å². The highest BCUT2D eigenvalue weighted by Crippen LogP contribution is 2.39. The highest BCUT2D eigenvalue weighted by Gasteiger charge is 2.28. The molecule has 0 spiro atoms. The maximum Gasteiger partial charge on any atom is 0.119 e. The third-order valence-corrected chi connectivity index (χ3v) is 5.13. The number of aryl methyl sites for hydroxylation is 1. The standard InChI is InChI=1S/C19H22ClNO/c1-12-8-13(5-7-19(12)20)17-10-15(21-2)9-14-4-6-16(22-3)11-18(14)17/h4-8,11,15,17,21H,9-10H2,1-3H3. The predicted octanol–water partition coefficient (Wildman–Crippen LogP) is 4.32. The zero-order chi connectivity index (χ0) is 15.7. The largest absolute Gasteiger partial charge is 0.497 e. The van der Waals surface area contributed by atoms with Crippen molar-refractivity contribution in [2.75, 3.05) is 14.2 Å². The Hall–Kier alpha value is -1.51. The van der Waals surface area contributed by atoms with Crippen LogP contribution in [0.5, 0.6) is 5.75 Å². The van der Waals surface area contributed by atoms with Crippen molar-refractivity contribution >= 4 is 11.6 Å². The fourth-order valence-corrected chi connectivity index (χ4v) is 3.51. The number of hydrogen-bond donors (Lipinski definition) is 1. The first-order chi connectivity index (χ1) is 10.6. The van der Waals surface area contributed by atoms with Crippen molar-refractivity contribution in [3.05, 3.63) is 63.7 Å². The lowest BCUT2D eigenvalue weighted by molar-refractivity contribution is 0.410. The second kappa shape index (κ2) is 6.31. The molecule has 2 aromatic rings. The first-order valence-corrected chi connectivity index (χ1v) is 8.10. The molecule has 0 bridgehead atoms. The zero-order valence-electron chi connectivity index (χ0n) is 13.3. The fraction of sp³-hybridized carbons (Fsp3) is 0.368. The van der Waals surface area contributed by atoms with Crippen molar-refractivity contribution in [2.24, 2.45) is 0 Å². The van der Waals surface area contributed by atoms with Gasteiger partial charge in [0.1, 0.15) is 5.75 Å². The summed E-state index contributed by atoms with van der Waals surface area (Å²) in [6.07, 6.45) is 2.16. The molecule has 0 fully saturated rings. The molecule has 0 amide bonds. The summed E-state index contributed by atoms with van der Waals surface area (Å²) in [5, 5.41) is 4.27. The highest BCUT2D eigenvalue weighted by atomic mass is 35.5. The molecule has 2 nitrogen and oxygen atoms in total. The number of likely N-dealkylation sites (N-methyl/N-ethyl adjacent to an activating group) is 1. The van der Waals surface area contributed by atoms with Gasteiger partial charge in [0.25, 0.3) is 0 Å². The summed E-state index contributed by atoms with van der Waals surface area (Å²) in [5.41, 5.74) is 5.25. The minimum atomic E-state index is 0.382. The van der Waals surface area contributed by atoms with Gasteiger partial charge in [0.05, 0.1) is 7.11 Å². The molecule has 3 rings (SSSR count). The normalized spacial score (nSPS) is 20.5. The van der Waals surface area contributed by atoms with Gasteiger partial charge in [-0.2, -0.15) is 0 Å². The van der Waals surface area contributed by atoms with Crippen LogP contribution in [-0.2, 0) is 6.42 Å². The van der Waals surface area contributed by atoms with Crippen LogP contribution >= 0.6 is 11.6 Å². The van der Waals surface area contributed by atoms with Crippen molar-refractivity contribution in [1.29, 1.82) is 0 Å². The number of rotatable bonds is 3. The monoisotopic (exact) mass is 315 g/mol. The molecule has 1 aliphatic rings. The van der Waals surface area contributed by atoms with E-state index in [2.05, 4.69) is 42.6 Å². The number of ether oxygens (including phenoxy) is 1. The third-order valence-electron chi connectivity index (χ3n) is 4.71. The van der Waals surface area contributed by atoms with Crippen molar-refractivity contribution in [2.45, 2.75) is 31.7 Å². The smallest absolute Gasteiger partial charge is 0.119 e. The van der Waals surface area contributed by atoms with Crippen molar-refractivity contribution in [3.8, 4) is 5.75 Å². The molecule has 0 saturated heterocycles. The lowest BCUT2D eigenvalue weighted by Crippen LogP contribution is -2.34. The van der Waals surface area contributed by atoms with Crippen LogP contribution in [0.2, 0.25) is 5.02 Å². The Balaban J connectivity index is 2.07. The summed E-state index contributed by atoms with van der Waals surface area (Å²) < 4.78 is 5.42. The van der Waals surface area contributed by atoms with E-state index in [0.717, 1.165) is 29.2 Å². The molecule has 0 radical (unpaired) electrons. The van der Waals surface area contributed by atoms with Gasteiger partial charge in [-0.25, -0.2) is 0 Å². The third kappa shape index (κ3) is 2.86. The lowest BCUT2D eigenvalue weighted by Gasteiger charge is -2.32. The van der Waals surface area contributed by atoms with Gasteiger partial charge in [0, 0.05) is 17.0 Å². The Morgan fingerprint density at radius 1 is 1.18 bits per heavy atom. The minimum absolute atomic E-state index is 0.382. The first kappa shape index (κ1) is 15.4. The number of methoxy groups -OCH3 is 1. The van der Waals surface area contributed by atoms with Gasteiger partial charge < -0.3 is 10.1 Å². The zero-order valence-corrected chi connectivity index (χ0v) is 14.1. The van der Waals surface area contributed by atoms with E-state index in [1.54, 1.807) is 7.11 Å². The number of benzene rings is 2. The Labute approximate surface area is 137 Å². The Bertz CT molecular complexity index is 683. The van der Waals surface area contributed by atoms with E-state index in [0.29, 0.717) is 12.0 Å². The summed E-state index contributed by atoms with van der Waals surface area (Å²) in [5.74, 6) is 1.31. The van der Waals surface area contributed by atoms with E-state index in [-0.39, 0.29) is 0 Å². The average molecular weight is 316 g/mol. The topological polar surface area (TPSA) is 21.3 Å². The Morgan fingerprint density at radius 2 is 2.00 bits per heavy atom. The summed E-state index contributed by atoms with van der Waals surface area (Å²) >= 11 is 6.19. The molecule has 0 aliphatic heterocycles. The van der Waals surface area contributed by atoms with Crippen LogP contribution in [0, 0.1) is 6.92 Å². The van der Waals surface area contributed by atoms with Crippen LogP contribution in [0.1, 0.15) is 34.6 Å². The van der Waals surface area contributed by atoms with Crippen molar-refractivity contribution < 1.29 is 4.74 Å². The summed E-state index contributed by atoms with van der Waals surface area (Å²) in [6.45, 7) is 2.07. The van der Waals surface area contributed by atoms with Crippen molar-refractivity contribution in [1.82, 2.24) is 5.32 Å². The molecular weight excluding hydrogens is 294 g/mol. The molecule has 3 heteroatoms. The van der Waals surface area contributed by atoms with Gasteiger partial charge in [0.15, 0.2) is 0 Å². The van der Waals surface area contributed by atoms with Crippen molar-refractivity contribution in [3.63, 3.8) is 0 Å². The van der Waals surface area contributed by atoms with Gasteiger partial charge in [-0.1, -0.05) is 29.8 Å². The highest BCUT2D eigenvalue weighted by molar-refractivity contribution is 6.31. The maximum absolute atomic E-state index is 6.19. The van der Waals surface area contributed by atoms with Crippen LogP contribution in [0.15, 0.2) is 36.4 Å². The van der Waals surface area contributed by atoms with Gasteiger partial charge in [-0.05, 0) is 67.3 Å². The SMILES string of the molecule is CNC1Cc2ccc(OC)cc2C(c2ccc(Cl)c(C)c2)C1. The molecule has 2 aromatic carbocycles. The molecule has 1 N–H and O–H groups in total. The molecule has 22 heavy (non-hydrogen) atoms. The van der Waals surface area contributed by atoms with E-state index in [1.165, 1.54) is 16.7 Å². The predicted molar refractivity (Wildman–Crippen MR) is 92.2 cm³/mol. The van der Waals surface area contributed by atoms with Crippen LogP contribution in [0.25, 0.3) is 0 Å². The second-order valence-electron chi connectivity index (χ2n) is 6.05. The van der Waals surface area contributed by atoms with Crippen LogP contribution < -0.4 is 10.1 Å². The summed E-state index contributed by atoms with van der Waals surface area (Å²) in [4.78, 5) is 0. The number of nitrogens with one attached hydrogen (secondary N) is 1. The van der Waals surface area contributed by atoms with E-state index in [9.17, 15) is 0 Å². The maximum atomic E-state index is 6.19. The van der Waals surface area contributed by atoms with Crippen LogP contribution in [-0.4, -0.2) is 20.2 Å². The molecule has 0 saturated carbocycles. The first-order valence-electron chi connectivity index (χ1n) is 7.72. The average Bonchev–Trinajstić information content (AvgIpc) is 2.55. The minimum Gasteiger partial charge on any atom is -0.497 e. The fourth-order valence-electron chi connectivity index (χ4n) is 3.39. The van der Waals surface area contributed by atoms with Gasteiger partial charge >= 0.3 is 0 Å². The number of fused-ring (bicyclic) bond motifs is 1. The second-order valence-corrected chi connectivity index (χ2v) is 6.46. The number of halogens is 1. The summed E-state index contributed by atoms with van der Waals surface area (Å²) in [7, 11) is 3.77. The Morgan fingerprint density at radius 3 is 2.68 bits per heavy atom. The molecule has 2 unspecified atom stereocenters. The van der Waals surface area contributed by atoms with E-state index in [4.69, 9.17) is 16.3 Å². The molecule has 1 aliphatic carbocycles. The number of hydrogen-bond acceptors (Lipinski definition) is 2. The van der Waals surface area contributed by atoms with Crippen LogP contribution in [0.4, 0.5) is 0 Å². The molecule has 2 atom stereocenters. The lowest BCUT2D eigenvalue weighted by atomic mass is 9.76. The van der Waals surface area contributed by atoms with Gasteiger partial charge in [-0.15, -0.1) is 0 Å². The Kier molecular flexibility index (Phi) is 4.42. The molecule has 116 valence electrons. The van der Waals surface area contributed by atoms with E-state index < -0.39 is 0 Å². The molecule has 0 heterocycles.